The predicted octanol–water partition coefficient (Wildman–Crippen LogP) is 2.99. The molecule has 0 saturated heterocycles. The van der Waals surface area contributed by atoms with Crippen molar-refractivity contribution >= 4 is 11.6 Å². The molecule has 0 saturated carbocycles. The van der Waals surface area contributed by atoms with Crippen LogP contribution in [0, 0.1) is 20.8 Å². The van der Waals surface area contributed by atoms with Crippen LogP contribution in [0.4, 0.5) is 5.69 Å². The minimum atomic E-state index is 0.0113. The summed E-state index contributed by atoms with van der Waals surface area (Å²) in [5, 5.41) is 0. The number of rotatable bonds is 1. The Hall–Kier alpha value is -2.23. The summed E-state index contributed by atoms with van der Waals surface area (Å²) in [6.07, 6.45) is 2.02. The number of para-hydroxylation sites is 1. The molecule has 1 aliphatic heterocycles. The average molecular weight is 281 g/mol. The van der Waals surface area contributed by atoms with Gasteiger partial charge >= 0.3 is 0 Å². The van der Waals surface area contributed by atoms with Crippen molar-refractivity contribution in [3.05, 3.63) is 52.6 Å². The number of hydrogen-bond acceptors (Lipinski definition) is 3. The molecule has 0 aliphatic carbocycles. The van der Waals surface area contributed by atoms with Gasteiger partial charge in [0, 0.05) is 12.2 Å². The van der Waals surface area contributed by atoms with E-state index in [-0.39, 0.29) is 5.91 Å². The van der Waals surface area contributed by atoms with Crippen LogP contribution in [-0.4, -0.2) is 22.4 Å². The quantitative estimate of drug-likeness (QED) is 0.807. The Morgan fingerprint density at radius 1 is 1.10 bits per heavy atom. The predicted molar refractivity (Wildman–Crippen MR) is 82.7 cm³/mol. The molecule has 4 nitrogen and oxygen atoms in total. The number of amides is 1. The maximum Gasteiger partial charge on any atom is 0.261 e. The molecule has 108 valence electrons. The highest BCUT2D eigenvalue weighted by molar-refractivity contribution is 6.08. The van der Waals surface area contributed by atoms with Crippen molar-refractivity contribution in [2.75, 3.05) is 11.4 Å². The molecule has 0 unspecified atom stereocenters. The van der Waals surface area contributed by atoms with Gasteiger partial charge in [0.25, 0.3) is 5.91 Å². The number of benzene rings is 1. The number of carbonyl (C=O) groups excluding carboxylic acids is 1. The summed E-state index contributed by atoms with van der Waals surface area (Å²) in [4.78, 5) is 23.5. The van der Waals surface area contributed by atoms with E-state index in [0.29, 0.717) is 11.4 Å². The van der Waals surface area contributed by atoms with Gasteiger partial charge in [0.05, 0.1) is 17.0 Å². The third-order valence-electron chi connectivity index (χ3n) is 3.95. The van der Waals surface area contributed by atoms with Gasteiger partial charge in [-0.1, -0.05) is 18.2 Å². The van der Waals surface area contributed by atoms with Gasteiger partial charge in [-0.15, -0.1) is 0 Å². The standard InChI is InChI=1S/C17H19N3O/c1-11-16(12(2)19-13(3)18-11)17(21)20-10-6-8-14-7-4-5-9-15(14)20/h4-5,7,9H,6,8,10H2,1-3H3. The van der Waals surface area contributed by atoms with E-state index in [0.717, 1.165) is 36.5 Å². The second-order valence-electron chi connectivity index (χ2n) is 5.51. The molecular formula is C17H19N3O. The minimum Gasteiger partial charge on any atom is -0.308 e. The number of aryl methyl sites for hydroxylation is 4. The topological polar surface area (TPSA) is 46.1 Å². The fourth-order valence-corrected chi connectivity index (χ4v) is 3.07. The van der Waals surface area contributed by atoms with Crippen LogP contribution in [0.5, 0.6) is 0 Å². The van der Waals surface area contributed by atoms with Gasteiger partial charge in [-0.3, -0.25) is 4.79 Å². The maximum absolute atomic E-state index is 13.0. The Kier molecular flexibility index (Phi) is 3.45. The van der Waals surface area contributed by atoms with Crippen molar-refractivity contribution in [2.24, 2.45) is 0 Å². The molecule has 0 N–H and O–H groups in total. The second-order valence-corrected chi connectivity index (χ2v) is 5.51. The zero-order chi connectivity index (χ0) is 15.0. The Labute approximate surface area is 124 Å². The normalized spacial score (nSPS) is 14.0. The largest absolute Gasteiger partial charge is 0.308 e. The average Bonchev–Trinajstić information content (AvgIpc) is 2.45. The van der Waals surface area contributed by atoms with Crippen molar-refractivity contribution < 1.29 is 4.79 Å². The van der Waals surface area contributed by atoms with Crippen molar-refractivity contribution in [2.45, 2.75) is 33.6 Å². The van der Waals surface area contributed by atoms with Crippen LogP contribution in [0.25, 0.3) is 0 Å². The Bertz CT molecular complexity index is 686. The zero-order valence-corrected chi connectivity index (χ0v) is 12.7. The summed E-state index contributed by atoms with van der Waals surface area (Å²) >= 11 is 0. The Morgan fingerprint density at radius 2 is 1.76 bits per heavy atom. The number of hydrogen-bond donors (Lipinski definition) is 0. The first-order chi connectivity index (χ1) is 10.1. The summed E-state index contributed by atoms with van der Waals surface area (Å²) in [6, 6.07) is 8.13. The number of fused-ring (bicyclic) bond motifs is 1. The van der Waals surface area contributed by atoms with Crippen LogP contribution in [0.15, 0.2) is 24.3 Å². The van der Waals surface area contributed by atoms with Crippen molar-refractivity contribution in [3.8, 4) is 0 Å². The van der Waals surface area contributed by atoms with Crippen LogP contribution in [-0.2, 0) is 6.42 Å². The van der Waals surface area contributed by atoms with Crippen molar-refractivity contribution in [1.29, 1.82) is 0 Å². The van der Waals surface area contributed by atoms with E-state index in [4.69, 9.17) is 0 Å². The molecule has 0 bridgehead atoms. The maximum atomic E-state index is 13.0. The summed E-state index contributed by atoms with van der Waals surface area (Å²) in [6.45, 7) is 6.36. The van der Waals surface area contributed by atoms with Gasteiger partial charge in [0.15, 0.2) is 0 Å². The molecular weight excluding hydrogens is 262 g/mol. The van der Waals surface area contributed by atoms with Gasteiger partial charge in [0.2, 0.25) is 0 Å². The molecule has 1 aliphatic rings. The molecule has 21 heavy (non-hydrogen) atoms. The lowest BCUT2D eigenvalue weighted by Crippen LogP contribution is -2.36. The van der Waals surface area contributed by atoms with E-state index >= 15 is 0 Å². The zero-order valence-electron chi connectivity index (χ0n) is 12.7. The van der Waals surface area contributed by atoms with Crippen LogP contribution in [0.1, 0.15) is 39.6 Å². The Morgan fingerprint density at radius 3 is 2.48 bits per heavy atom. The lowest BCUT2D eigenvalue weighted by molar-refractivity contribution is 0.0983. The van der Waals surface area contributed by atoms with E-state index in [1.54, 1.807) is 0 Å². The minimum absolute atomic E-state index is 0.0113. The van der Waals surface area contributed by atoms with Gasteiger partial charge in [-0.25, -0.2) is 9.97 Å². The third kappa shape index (κ3) is 2.42. The monoisotopic (exact) mass is 281 g/mol. The number of anilines is 1. The summed E-state index contributed by atoms with van der Waals surface area (Å²) < 4.78 is 0. The number of carbonyl (C=O) groups is 1. The first-order valence-corrected chi connectivity index (χ1v) is 7.29. The van der Waals surface area contributed by atoms with Crippen molar-refractivity contribution in [3.63, 3.8) is 0 Å². The summed E-state index contributed by atoms with van der Waals surface area (Å²) in [5.74, 6) is 0.720. The molecule has 0 radical (unpaired) electrons. The van der Waals surface area contributed by atoms with Crippen LogP contribution in [0.2, 0.25) is 0 Å². The molecule has 3 rings (SSSR count). The second kappa shape index (κ2) is 5.28. The van der Waals surface area contributed by atoms with Crippen LogP contribution in [0.3, 0.4) is 0 Å². The molecule has 1 amide bonds. The van der Waals surface area contributed by atoms with E-state index < -0.39 is 0 Å². The van der Waals surface area contributed by atoms with Crippen LogP contribution < -0.4 is 4.90 Å². The molecule has 2 aromatic rings. The van der Waals surface area contributed by atoms with Gasteiger partial charge in [-0.2, -0.15) is 0 Å². The molecule has 0 spiro atoms. The van der Waals surface area contributed by atoms with E-state index in [9.17, 15) is 4.79 Å². The van der Waals surface area contributed by atoms with E-state index in [1.807, 2.05) is 43.9 Å². The smallest absolute Gasteiger partial charge is 0.261 e. The molecule has 2 heterocycles. The summed E-state index contributed by atoms with van der Waals surface area (Å²) in [7, 11) is 0. The fourth-order valence-electron chi connectivity index (χ4n) is 3.07. The number of aromatic nitrogens is 2. The summed E-state index contributed by atoms with van der Waals surface area (Å²) in [5.41, 5.74) is 4.41. The van der Waals surface area contributed by atoms with Gasteiger partial charge < -0.3 is 4.90 Å². The fraction of sp³-hybridized carbons (Fsp3) is 0.353. The van der Waals surface area contributed by atoms with Gasteiger partial charge in [-0.05, 0) is 45.2 Å². The highest BCUT2D eigenvalue weighted by atomic mass is 16.2. The SMILES string of the molecule is Cc1nc(C)c(C(=O)N2CCCc3ccccc32)c(C)n1. The van der Waals surface area contributed by atoms with Crippen LogP contribution >= 0.6 is 0 Å². The van der Waals surface area contributed by atoms with E-state index in [2.05, 4.69) is 16.0 Å². The lowest BCUT2D eigenvalue weighted by atomic mass is 10.0. The highest BCUT2D eigenvalue weighted by Gasteiger charge is 2.26. The third-order valence-corrected chi connectivity index (χ3v) is 3.95. The van der Waals surface area contributed by atoms with Crippen molar-refractivity contribution in [1.82, 2.24) is 9.97 Å². The molecule has 0 atom stereocenters. The first-order valence-electron chi connectivity index (χ1n) is 7.29. The lowest BCUT2D eigenvalue weighted by Gasteiger charge is -2.30. The van der Waals surface area contributed by atoms with E-state index in [1.165, 1.54) is 5.56 Å². The highest BCUT2D eigenvalue weighted by Crippen LogP contribution is 2.28. The number of nitrogens with zero attached hydrogens (tertiary/aromatic N) is 3. The Balaban J connectivity index is 2.05. The van der Waals surface area contributed by atoms with Gasteiger partial charge in [0.1, 0.15) is 5.82 Å². The molecule has 1 aromatic heterocycles. The first kappa shape index (κ1) is 13.7. The molecule has 4 heteroatoms. The molecule has 0 fully saturated rings. The molecule has 1 aromatic carbocycles.